The zero-order valence-electron chi connectivity index (χ0n) is 5.68. The minimum Gasteiger partial charge on any atom is -0.346 e. The standard InChI is InChI=1S/C8H7N2/c1-6-4-7-2-3-9-8(7)10-5-6/h3-5H,1H3,(H,9,10). The third-order valence-corrected chi connectivity index (χ3v) is 1.46. The molecule has 1 N–H and O–H groups in total. The summed E-state index contributed by atoms with van der Waals surface area (Å²) in [4.78, 5) is 7.13. The Bertz CT molecular complexity index is 349. The normalized spacial score (nSPS) is 10.5. The van der Waals surface area contributed by atoms with Crippen LogP contribution in [-0.4, -0.2) is 9.97 Å². The Morgan fingerprint density at radius 2 is 2.50 bits per heavy atom. The van der Waals surface area contributed by atoms with Gasteiger partial charge in [-0.3, -0.25) is 0 Å². The average molecular weight is 131 g/mol. The van der Waals surface area contributed by atoms with Crippen molar-refractivity contribution in [3.8, 4) is 0 Å². The number of aromatic nitrogens is 2. The Morgan fingerprint density at radius 3 is 3.40 bits per heavy atom. The monoisotopic (exact) mass is 131 g/mol. The molecule has 2 heterocycles. The first-order chi connectivity index (χ1) is 4.86. The van der Waals surface area contributed by atoms with Gasteiger partial charge in [0.05, 0.1) is 0 Å². The fourth-order valence-electron chi connectivity index (χ4n) is 0.976. The first-order valence-electron chi connectivity index (χ1n) is 3.18. The summed E-state index contributed by atoms with van der Waals surface area (Å²) in [6.45, 7) is 2.02. The van der Waals surface area contributed by atoms with Gasteiger partial charge >= 0.3 is 0 Å². The molecule has 0 aliphatic heterocycles. The predicted molar refractivity (Wildman–Crippen MR) is 39.7 cm³/mol. The van der Waals surface area contributed by atoms with Crippen molar-refractivity contribution in [2.24, 2.45) is 0 Å². The maximum Gasteiger partial charge on any atom is 0.137 e. The number of rotatable bonds is 0. The molecule has 2 aromatic heterocycles. The van der Waals surface area contributed by atoms with E-state index in [1.165, 1.54) is 5.56 Å². The number of hydrogen-bond acceptors (Lipinski definition) is 1. The van der Waals surface area contributed by atoms with Crippen LogP contribution < -0.4 is 0 Å². The highest BCUT2D eigenvalue weighted by atomic mass is 14.8. The molecule has 0 aliphatic carbocycles. The van der Waals surface area contributed by atoms with Crippen molar-refractivity contribution in [3.05, 3.63) is 30.1 Å². The number of pyridine rings is 1. The second-order valence-corrected chi connectivity index (χ2v) is 2.34. The van der Waals surface area contributed by atoms with Crippen LogP contribution in [0.5, 0.6) is 0 Å². The van der Waals surface area contributed by atoms with Crippen molar-refractivity contribution < 1.29 is 0 Å². The van der Waals surface area contributed by atoms with Crippen molar-refractivity contribution >= 4 is 11.0 Å². The lowest BCUT2D eigenvalue weighted by molar-refractivity contribution is 1.29. The molecule has 2 rings (SSSR count). The van der Waals surface area contributed by atoms with E-state index in [2.05, 4.69) is 22.1 Å². The van der Waals surface area contributed by atoms with Gasteiger partial charge in [0.2, 0.25) is 0 Å². The molecule has 0 saturated heterocycles. The van der Waals surface area contributed by atoms with Gasteiger partial charge < -0.3 is 4.98 Å². The number of aryl methyl sites for hydroxylation is 1. The zero-order chi connectivity index (χ0) is 6.97. The van der Waals surface area contributed by atoms with Crippen LogP contribution in [0.15, 0.2) is 18.5 Å². The maximum atomic E-state index is 4.15. The van der Waals surface area contributed by atoms with Gasteiger partial charge in [-0.1, -0.05) is 0 Å². The van der Waals surface area contributed by atoms with Crippen molar-refractivity contribution in [1.29, 1.82) is 0 Å². The third kappa shape index (κ3) is 0.692. The van der Waals surface area contributed by atoms with E-state index in [9.17, 15) is 0 Å². The van der Waals surface area contributed by atoms with Crippen molar-refractivity contribution in [2.45, 2.75) is 6.92 Å². The van der Waals surface area contributed by atoms with Gasteiger partial charge in [0, 0.05) is 23.8 Å². The van der Waals surface area contributed by atoms with Gasteiger partial charge in [-0.15, -0.1) is 0 Å². The lowest BCUT2D eigenvalue weighted by Crippen LogP contribution is -1.76. The number of nitrogens with one attached hydrogen (secondary N) is 1. The lowest BCUT2D eigenvalue weighted by atomic mass is 10.2. The van der Waals surface area contributed by atoms with E-state index in [0.29, 0.717) is 0 Å². The number of H-pyrrole nitrogens is 1. The number of hydrogen-bond donors (Lipinski definition) is 1. The summed E-state index contributed by atoms with van der Waals surface area (Å²) in [5, 5.41) is 1.06. The minimum absolute atomic E-state index is 0.908. The Hall–Kier alpha value is -1.31. The smallest absolute Gasteiger partial charge is 0.137 e. The summed E-state index contributed by atoms with van der Waals surface area (Å²) >= 11 is 0. The quantitative estimate of drug-likeness (QED) is 0.578. The fraction of sp³-hybridized carbons (Fsp3) is 0.125. The van der Waals surface area contributed by atoms with Gasteiger partial charge in [-0.2, -0.15) is 0 Å². The Balaban J connectivity index is 2.86. The van der Waals surface area contributed by atoms with Gasteiger partial charge in [0.15, 0.2) is 0 Å². The summed E-state index contributed by atoms with van der Waals surface area (Å²) in [6, 6.07) is 5.10. The third-order valence-electron chi connectivity index (χ3n) is 1.46. The first kappa shape index (κ1) is 5.47. The molecule has 0 bridgehead atoms. The number of nitrogens with zero attached hydrogens (tertiary/aromatic N) is 1. The molecule has 1 radical (unpaired) electrons. The Morgan fingerprint density at radius 1 is 1.60 bits per heavy atom. The molecule has 2 nitrogen and oxygen atoms in total. The highest BCUT2D eigenvalue weighted by Gasteiger charge is 1.93. The average Bonchev–Trinajstić information content (AvgIpc) is 2.33. The topological polar surface area (TPSA) is 28.7 Å². The molecule has 0 unspecified atom stereocenters. The second kappa shape index (κ2) is 1.84. The van der Waals surface area contributed by atoms with E-state index >= 15 is 0 Å². The number of fused-ring (bicyclic) bond motifs is 1. The molecule has 2 heteroatoms. The molecule has 0 fully saturated rings. The SMILES string of the molecule is Cc1cnc2[nH]c[c]c2c1. The summed E-state index contributed by atoms with van der Waals surface area (Å²) < 4.78 is 0. The largest absolute Gasteiger partial charge is 0.346 e. The van der Waals surface area contributed by atoms with Crippen LogP contribution in [0.4, 0.5) is 0 Å². The van der Waals surface area contributed by atoms with Crippen LogP contribution in [0.1, 0.15) is 5.56 Å². The molecule has 49 valence electrons. The van der Waals surface area contributed by atoms with Crippen molar-refractivity contribution in [3.63, 3.8) is 0 Å². The van der Waals surface area contributed by atoms with Gasteiger partial charge in [-0.05, 0) is 18.6 Å². The van der Waals surface area contributed by atoms with Gasteiger partial charge in [0.1, 0.15) is 5.65 Å². The van der Waals surface area contributed by atoms with Crippen molar-refractivity contribution in [1.82, 2.24) is 9.97 Å². The molecular weight excluding hydrogens is 124 g/mol. The van der Waals surface area contributed by atoms with Crippen molar-refractivity contribution in [2.75, 3.05) is 0 Å². The second-order valence-electron chi connectivity index (χ2n) is 2.34. The van der Waals surface area contributed by atoms with Gasteiger partial charge in [0.25, 0.3) is 0 Å². The maximum absolute atomic E-state index is 4.15. The summed E-state index contributed by atoms with van der Waals surface area (Å²) in [6.07, 6.45) is 3.61. The molecule has 0 atom stereocenters. The Labute approximate surface area is 58.9 Å². The summed E-state index contributed by atoms with van der Waals surface area (Å²) in [5.41, 5.74) is 2.08. The van der Waals surface area contributed by atoms with Crippen LogP contribution in [0.3, 0.4) is 0 Å². The molecule has 0 aromatic carbocycles. The molecule has 0 aliphatic rings. The zero-order valence-corrected chi connectivity index (χ0v) is 5.68. The van der Waals surface area contributed by atoms with E-state index < -0.39 is 0 Å². The molecule has 0 saturated carbocycles. The van der Waals surface area contributed by atoms with Crippen LogP contribution in [0, 0.1) is 13.0 Å². The molecular formula is C8H7N2. The van der Waals surface area contributed by atoms with E-state index in [1.54, 1.807) is 6.20 Å². The highest BCUT2D eigenvalue weighted by molar-refractivity contribution is 5.74. The summed E-state index contributed by atoms with van der Waals surface area (Å²) in [7, 11) is 0. The lowest BCUT2D eigenvalue weighted by Gasteiger charge is -1.89. The molecule has 10 heavy (non-hydrogen) atoms. The fourth-order valence-corrected chi connectivity index (χ4v) is 0.976. The van der Waals surface area contributed by atoms with E-state index in [0.717, 1.165) is 11.0 Å². The molecule has 2 aromatic rings. The molecule has 0 amide bonds. The van der Waals surface area contributed by atoms with Crippen LogP contribution in [0.25, 0.3) is 11.0 Å². The van der Waals surface area contributed by atoms with Crippen LogP contribution in [0.2, 0.25) is 0 Å². The summed E-state index contributed by atoms with van der Waals surface area (Å²) in [5.74, 6) is 0. The first-order valence-corrected chi connectivity index (χ1v) is 3.18. The van der Waals surface area contributed by atoms with E-state index in [4.69, 9.17) is 0 Å². The minimum atomic E-state index is 0.908. The molecule has 0 spiro atoms. The van der Waals surface area contributed by atoms with Gasteiger partial charge in [-0.25, -0.2) is 4.98 Å². The van der Waals surface area contributed by atoms with Crippen LogP contribution in [-0.2, 0) is 0 Å². The van der Waals surface area contributed by atoms with E-state index in [-0.39, 0.29) is 0 Å². The highest BCUT2D eigenvalue weighted by Crippen LogP contribution is 2.08. The Kier molecular flexibility index (Phi) is 1.01. The van der Waals surface area contributed by atoms with E-state index in [1.807, 2.05) is 13.1 Å². The number of aromatic amines is 1. The van der Waals surface area contributed by atoms with Crippen LogP contribution >= 0.6 is 0 Å². The predicted octanol–water partition coefficient (Wildman–Crippen LogP) is 1.67.